The first-order valence-corrected chi connectivity index (χ1v) is 11.8. The minimum atomic E-state index is -4.81. The van der Waals surface area contributed by atoms with Crippen LogP contribution in [-0.2, 0) is 6.42 Å². The van der Waals surface area contributed by atoms with Crippen LogP contribution in [0.25, 0.3) is 39.7 Å². The Kier molecular flexibility index (Phi) is 8.13. The van der Waals surface area contributed by atoms with E-state index < -0.39 is 52.0 Å². The van der Waals surface area contributed by atoms with E-state index in [1.165, 1.54) is 12.1 Å². The Morgan fingerprint density at radius 3 is 1.82 bits per heavy atom. The molecule has 0 aliphatic rings. The molecule has 0 N–H and O–H groups in total. The van der Waals surface area contributed by atoms with E-state index in [-0.39, 0.29) is 29.1 Å². The fraction of sp³-hybridized carbons (Fsp3) is 0.172. The van der Waals surface area contributed by atoms with Crippen LogP contribution in [-0.4, -0.2) is 16.1 Å². The lowest BCUT2D eigenvalue weighted by Gasteiger charge is -2.12. The molecule has 0 saturated carbocycles. The summed E-state index contributed by atoms with van der Waals surface area (Å²) >= 11 is 0. The second-order valence-corrected chi connectivity index (χ2v) is 8.76. The van der Waals surface area contributed by atoms with E-state index >= 15 is 0 Å². The zero-order valence-electron chi connectivity index (χ0n) is 20.4. The third kappa shape index (κ3) is 6.50. The van der Waals surface area contributed by atoms with Gasteiger partial charge in [-0.1, -0.05) is 25.5 Å². The molecule has 2 nitrogen and oxygen atoms in total. The van der Waals surface area contributed by atoms with Gasteiger partial charge in [0.1, 0.15) is 29.1 Å². The number of aryl methyl sites for hydroxylation is 1. The molecule has 3 aromatic carbocycles. The standard InChI is InChI=1S/C29H20F8N2/c1-2-3-4-16-14-38-28(39-15-16)17-5-6-20(22(30)9-17)18-10-25(33)27(26(34)11-18)19-12-23(31)21(24(32)13-19)7-8-29(35,36)37/h5-15H,2-4H2,1H3/b8-7+. The van der Waals surface area contributed by atoms with E-state index in [9.17, 15) is 35.1 Å². The predicted octanol–water partition coefficient (Wildman–Crippen LogP) is 9.09. The Balaban J connectivity index is 1.64. The number of rotatable bonds is 7. The normalized spacial score (nSPS) is 11.9. The molecule has 39 heavy (non-hydrogen) atoms. The number of hydrogen-bond donors (Lipinski definition) is 0. The Bertz CT molecular complexity index is 1480. The SMILES string of the molecule is CCCCc1cnc(-c2ccc(-c3cc(F)c(-c4cc(F)c(/C=C/C(F)(F)F)c(F)c4)c(F)c3)c(F)c2)nc1. The second kappa shape index (κ2) is 11.3. The predicted molar refractivity (Wildman–Crippen MR) is 132 cm³/mol. The van der Waals surface area contributed by atoms with E-state index in [2.05, 4.69) is 16.9 Å². The van der Waals surface area contributed by atoms with Gasteiger partial charge in [-0.05, 0) is 65.9 Å². The molecule has 4 rings (SSSR count). The zero-order valence-corrected chi connectivity index (χ0v) is 20.4. The molecule has 0 bridgehead atoms. The van der Waals surface area contributed by atoms with Crippen molar-refractivity contribution in [1.29, 1.82) is 0 Å². The molecule has 4 aromatic rings. The fourth-order valence-corrected chi connectivity index (χ4v) is 3.97. The lowest BCUT2D eigenvalue weighted by Crippen LogP contribution is -2.01. The number of hydrogen-bond acceptors (Lipinski definition) is 2. The van der Waals surface area contributed by atoms with Crippen LogP contribution in [0.3, 0.4) is 0 Å². The Morgan fingerprint density at radius 2 is 1.28 bits per heavy atom. The molecule has 0 aliphatic heterocycles. The molecule has 0 saturated heterocycles. The highest BCUT2D eigenvalue weighted by atomic mass is 19.4. The van der Waals surface area contributed by atoms with Crippen LogP contribution in [0.5, 0.6) is 0 Å². The average molecular weight is 548 g/mol. The van der Waals surface area contributed by atoms with Crippen molar-refractivity contribution in [2.75, 3.05) is 0 Å². The second-order valence-electron chi connectivity index (χ2n) is 8.76. The molecule has 0 spiro atoms. The molecule has 0 unspecified atom stereocenters. The minimum Gasteiger partial charge on any atom is -0.236 e. The van der Waals surface area contributed by atoms with Gasteiger partial charge in [-0.25, -0.2) is 31.9 Å². The number of aromatic nitrogens is 2. The summed E-state index contributed by atoms with van der Waals surface area (Å²) in [7, 11) is 0. The van der Waals surface area contributed by atoms with Crippen LogP contribution >= 0.6 is 0 Å². The van der Waals surface area contributed by atoms with Gasteiger partial charge >= 0.3 is 6.18 Å². The molecular formula is C29H20F8N2. The summed E-state index contributed by atoms with van der Waals surface area (Å²) in [6.07, 6.45) is 1.12. The largest absolute Gasteiger partial charge is 0.409 e. The average Bonchev–Trinajstić information content (AvgIpc) is 2.86. The van der Waals surface area contributed by atoms with Crippen LogP contribution in [0, 0.1) is 29.1 Å². The monoisotopic (exact) mass is 548 g/mol. The first-order valence-electron chi connectivity index (χ1n) is 11.8. The van der Waals surface area contributed by atoms with Crippen LogP contribution in [0.4, 0.5) is 35.1 Å². The van der Waals surface area contributed by atoms with Crippen molar-refractivity contribution in [1.82, 2.24) is 9.97 Å². The van der Waals surface area contributed by atoms with Gasteiger partial charge < -0.3 is 0 Å². The number of benzene rings is 3. The first kappa shape index (κ1) is 27.9. The number of unbranched alkanes of at least 4 members (excludes halogenated alkanes) is 1. The van der Waals surface area contributed by atoms with Gasteiger partial charge in [-0.15, -0.1) is 0 Å². The van der Waals surface area contributed by atoms with Gasteiger partial charge in [0.2, 0.25) is 0 Å². The molecular weight excluding hydrogens is 528 g/mol. The summed E-state index contributed by atoms with van der Waals surface area (Å²) in [6, 6.07) is 6.53. The highest BCUT2D eigenvalue weighted by molar-refractivity contribution is 5.74. The summed E-state index contributed by atoms with van der Waals surface area (Å²) < 4.78 is 111. The van der Waals surface area contributed by atoms with Gasteiger partial charge in [0.15, 0.2) is 5.82 Å². The summed E-state index contributed by atoms with van der Waals surface area (Å²) in [4.78, 5) is 8.49. The van der Waals surface area contributed by atoms with Gasteiger partial charge in [0.05, 0.1) is 5.56 Å². The highest BCUT2D eigenvalue weighted by Crippen LogP contribution is 2.35. The quantitative estimate of drug-likeness (QED) is 0.215. The molecule has 1 aromatic heterocycles. The molecule has 10 heteroatoms. The van der Waals surface area contributed by atoms with E-state index in [4.69, 9.17) is 0 Å². The molecule has 0 amide bonds. The van der Waals surface area contributed by atoms with E-state index in [1.54, 1.807) is 12.4 Å². The summed E-state index contributed by atoms with van der Waals surface area (Å²) in [6.45, 7) is 2.06. The van der Waals surface area contributed by atoms with E-state index in [0.29, 0.717) is 17.7 Å². The third-order valence-electron chi connectivity index (χ3n) is 5.91. The minimum absolute atomic E-state index is 0.146. The number of alkyl halides is 3. The van der Waals surface area contributed by atoms with E-state index in [1.807, 2.05) is 0 Å². The molecule has 0 fully saturated rings. The van der Waals surface area contributed by atoms with Gasteiger partial charge in [-0.2, -0.15) is 13.2 Å². The summed E-state index contributed by atoms with van der Waals surface area (Å²) in [5.41, 5.74) is -1.46. The van der Waals surface area contributed by atoms with E-state index in [0.717, 1.165) is 43.0 Å². The maximum absolute atomic E-state index is 15.0. The van der Waals surface area contributed by atoms with Crippen LogP contribution in [0.1, 0.15) is 30.9 Å². The Morgan fingerprint density at radius 1 is 0.718 bits per heavy atom. The summed E-state index contributed by atoms with van der Waals surface area (Å²) in [5, 5.41) is 0. The molecule has 0 radical (unpaired) electrons. The lowest BCUT2D eigenvalue weighted by atomic mass is 9.96. The maximum Gasteiger partial charge on any atom is 0.409 e. The number of nitrogens with zero attached hydrogens (tertiary/aromatic N) is 2. The number of halogens is 8. The van der Waals surface area contributed by atoms with Crippen molar-refractivity contribution in [3.05, 3.63) is 101 Å². The van der Waals surface area contributed by atoms with Crippen LogP contribution < -0.4 is 0 Å². The van der Waals surface area contributed by atoms with Crippen molar-refractivity contribution in [3.63, 3.8) is 0 Å². The van der Waals surface area contributed by atoms with Crippen molar-refractivity contribution in [2.24, 2.45) is 0 Å². The molecule has 202 valence electrons. The highest BCUT2D eigenvalue weighted by Gasteiger charge is 2.24. The lowest BCUT2D eigenvalue weighted by molar-refractivity contribution is -0.0790. The van der Waals surface area contributed by atoms with Crippen molar-refractivity contribution >= 4 is 6.08 Å². The topological polar surface area (TPSA) is 25.8 Å². The smallest absolute Gasteiger partial charge is 0.236 e. The van der Waals surface area contributed by atoms with Crippen molar-refractivity contribution < 1.29 is 35.1 Å². The molecule has 0 atom stereocenters. The van der Waals surface area contributed by atoms with Gasteiger partial charge in [-0.3, -0.25) is 0 Å². The molecule has 1 heterocycles. The number of allylic oxidation sites excluding steroid dienone is 1. The van der Waals surface area contributed by atoms with Crippen molar-refractivity contribution in [3.8, 4) is 33.6 Å². The first-order chi connectivity index (χ1) is 18.5. The fourth-order valence-electron chi connectivity index (χ4n) is 3.97. The van der Waals surface area contributed by atoms with Crippen LogP contribution in [0.15, 0.2) is 60.9 Å². The Labute approximate surface area is 218 Å². The zero-order chi connectivity index (χ0) is 28.3. The Hall–Kier alpha value is -4.08. The maximum atomic E-state index is 15.0. The van der Waals surface area contributed by atoms with Crippen molar-refractivity contribution in [2.45, 2.75) is 32.4 Å². The van der Waals surface area contributed by atoms with Crippen LogP contribution in [0.2, 0.25) is 0 Å². The molecule has 0 aliphatic carbocycles. The van der Waals surface area contributed by atoms with Gasteiger partial charge in [0.25, 0.3) is 0 Å². The third-order valence-corrected chi connectivity index (χ3v) is 5.91. The summed E-state index contributed by atoms with van der Waals surface area (Å²) in [5.74, 6) is -5.94. The van der Waals surface area contributed by atoms with Gasteiger partial charge in [0, 0.05) is 35.2 Å².